The highest BCUT2D eigenvalue weighted by Crippen LogP contribution is 2.22. The van der Waals surface area contributed by atoms with Gasteiger partial charge in [0.2, 0.25) is 5.95 Å². The molecule has 3 aromatic rings. The molecule has 3 rings (SSSR count). The third-order valence-electron chi connectivity index (χ3n) is 4.08. The number of benzene rings is 1. The molecule has 0 aliphatic rings. The quantitative estimate of drug-likeness (QED) is 0.243. The van der Waals surface area contributed by atoms with Gasteiger partial charge in [0, 0.05) is 35.8 Å². The van der Waals surface area contributed by atoms with Crippen molar-refractivity contribution < 1.29 is 8.76 Å². The first-order chi connectivity index (χ1) is 14.0. The van der Waals surface area contributed by atoms with E-state index in [4.69, 9.17) is 4.55 Å². The third-order valence-corrected chi connectivity index (χ3v) is 4.44. The second-order valence-corrected chi connectivity index (χ2v) is 6.91. The maximum absolute atomic E-state index is 10.7. The SMILES string of the molecule is CC[C@@H](C)Nc1nc(NNc2ccc(N=[S-](=O)O)cc2)cc(-c2ccncc2)n1. The van der Waals surface area contributed by atoms with Gasteiger partial charge in [-0.3, -0.25) is 15.8 Å². The smallest absolute Gasteiger partial charge is 0.225 e. The van der Waals surface area contributed by atoms with Crippen LogP contribution in [0.2, 0.25) is 0 Å². The Balaban J connectivity index is 1.81. The second-order valence-electron chi connectivity index (χ2n) is 6.27. The number of pyridine rings is 1. The summed E-state index contributed by atoms with van der Waals surface area (Å²) in [4.78, 5) is 13.2. The zero-order valence-corrected chi connectivity index (χ0v) is 16.8. The van der Waals surface area contributed by atoms with Gasteiger partial charge >= 0.3 is 0 Å². The Hall–Kier alpha value is -3.24. The Morgan fingerprint density at radius 3 is 2.48 bits per heavy atom. The summed E-state index contributed by atoms with van der Waals surface area (Å²) < 4.78 is 23.1. The summed E-state index contributed by atoms with van der Waals surface area (Å²) in [5, 5.41) is 3.30. The molecule has 9 nitrogen and oxygen atoms in total. The van der Waals surface area contributed by atoms with E-state index >= 15 is 0 Å². The van der Waals surface area contributed by atoms with Crippen molar-refractivity contribution in [2.45, 2.75) is 26.3 Å². The van der Waals surface area contributed by atoms with Crippen molar-refractivity contribution in [1.29, 1.82) is 0 Å². The number of anilines is 3. The first-order valence-corrected chi connectivity index (χ1v) is 10.1. The van der Waals surface area contributed by atoms with Crippen LogP contribution in [0.4, 0.5) is 23.1 Å². The molecule has 0 radical (unpaired) electrons. The highest BCUT2D eigenvalue weighted by molar-refractivity contribution is 7.68. The van der Waals surface area contributed by atoms with E-state index < -0.39 is 10.9 Å². The lowest BCUT2D eigenvalue weighted by Gasteiger charge is -2.15. The van der Waals surface area contributed by atoms with Gasteiger partial charge in [0.05, 0.1) is 11.4 Å². The molecule has 0 aliphatic heterocycles. The maximum atomic E-state index is 10.7. The monoisotopic (exact) mass is 412 g/mol. The normalized spacial score (nSPS) is 12.9. The fraction of sp³-hybridized carbons (Fsp3) is 0.211. The van der Waals surface area contributed by atoms with Gasteiger partial charge in [0.1, 0.15) is 0 Å². The van der Waals surface area contributed by atoms with Gasteiger partial charge in [0.15, 0.2) is 5.82 Å². The fourth-order valence-corrected chi connectivity index (χ4v) is 2.70. The van der Waals surface area contributed by atoms with E-state index in [2.05, 4.69) is 49.3 Å². The maximum Gasteiger partial charge on any atom is 0.225 e. The zero-order valence-electron chi connectivity index (χ0n) is 16.0. The highest BCUT2D eigenvalue weighted by Gasteiger charge is 2.09. The highest BCUT2D eigenvalue weighted by atomic mass is 32.2. The molecule has 1 atom stereocenters. The predicted molar refractivity (Wildman–Crippen MR) is 115 cm³/mol. The molecule has 0 unspecified atom stereocenters. The molecule has 2 heterocycles. The Bertz CT molecular complexity index is 1020. The summed E-state index contributed by atoms with van der Waals surface area (Å²) in [5.41, 5.74) is 8.97. The van der Waals surface area contributed by atoms with E-state index in [-0.39, 0.29) is 6.04 Å². The molecule has 2 aromatic heterocycles. The van der Waals surface area contributed by atoms with Crippen molar-refractivity contribution in [1.82, 2.24) is 15.0 Å². The molecule has 29 heavy (non-hydrogen) atoms. The van der Waals surface area contributed by atoms with Crippen LogP contribution < -0.4 is 16.2 Å². The van der Waals surface area contributed by atoms with Gasteiger partial charge in [-0.2, -0.15) is 4.98 Å². The molecule has 1 aromatic carbocycles. The number of hydrazine groups is 1. The van der Waals surface area contributed by atoms with Crippen LogP contribution in [0.25, 0.3) is 11.3 Å². The molecule has 0 fully saturated rings. The van der Waals surface area contributed by atoms with E-state index in [1.54, 1.807) is 36.7 Å². The van der Waals surface area contributed by atoms with Gasteiger partial charge in [-0.25, -0.2) is 4.98 Å². The van der Waals surface area contributed by atoms with Crippen molar-refractivity contribution in [2.75, 3.05) is 16.2 Å². The molecule has 0 saturated heterocycles. The summed E-state index contributed by atoms with van der Waals surface area (Å²) in [6.07, 6.45) is 4.38. The summed E-state index contributed by atoms with van der Waals surface area (Å²) in [6.45, 7) is 4.16. The van der Waals surface area contributed by atoms with Crippen LogP contribution in [0.1, 0.15) is 20.3 Å². The van der Waals surface area contributed by atoms with E-state index in [0.717, 1.165) is 23.4 Å². The minimum absolute atomic E-state index is 0.233. The molecule has 4 N–H and O–H groups in total. The van der Waals surface area contributed by atoms with Crippen LogP contribution in [-0.4, -0.2) is 25.5 Å². The van der Waals surface area contributed by atoms with E-state index in [1.807, 2.05) is 18.2 Å². The van der Waals surface area contributed by atoms with Crippen LogP contribution in [0.3, 0.4) is 0 Å². The van der Waals surface area contributed by atoms with Crippen LogP contribution in [0, 0.1) is 0 Å². The van der Waals surface area contributed by atoms with E-state index in [0.29, 0.717) is 17.5 Å². The van der Waals surface area contributed by atoms with Crippen molar-refractivity contribution >= 4 is 34.0 Å². The van der Waals surface area contributed by atoms with Gasteiger partial charge in [-0.15, -0.1) is 0 Å². The largest absolute Gasteiger partial charge is 0.454 e. The molecule has 0 spiro atoms. The molecule has 152 valence electrons. The second kappa shape index (κ2) is 9.80. The Kier molecular flexibility index (Phi) is 6.93. The summed E-state index contributed by atoms with van der Waals surface area (Å²) in [7, 11) is -2.23. The molecule has 10 heteroatoms. The standard InChI is InChI=1S/C19H22N7O2S/c1-3-13(2)21-19-22-17(14-8-10-20-11-9-14)12-18(23-19)25-24-15-4-6-16(7-5-15)26-29(27)28/h4-13,24H,3H2,1-2H3,(H,26,27,28)(H2,21,22,23,25)/q-1/t13-/m1/s1. The minimum Gasteiger partial charge on any atom is -0.454 e. The van der Waals surface area contributed by atoms with Crippen LogP contribution in [0.5, 0.6) is 0 Å². The number of rotatable bonds is 8. The van der Waals surface area contributed by atoms with Crippen molar-refractivity contribution in [3.05, 3.63) is 54.9 Å². The number of nitrogens with one attached hydrogen (secondary N) is 3. The molecule has 0 aliphatic carbocycles. The number of hydrogen-bond acceptors (Lipinski definition) is 9. The first-order valence-electron chi connectivity index (χ1n) is 9.04. The number of nitrogens with zero attached hydrogens (tertiary/aromatic N) is 4. The summed E-state index contributed by atoms with van der Waals surface area (Å²) in [6, 6.07) is 12.6. The van der Waals surface area contributed by atoms with E-state index in [9.17, 15) is 4.21 Å². The Morgan fingerprint density at radius 2 is 1.83 bits per heavy atom. The van der Waals surface area contributed by atoms with Gasteiger partial charge in [-0.05, 0) is 49.7 Å². The Morgan fingerprint density at radius 1 is 1.10 bits per heavy atom. The third kappa shape index (κ3) is 6.13. The van der Waals surface area contributed by atoms with Crippen molar-refractivity contribution in [3.63, 3.8) is 0 Å². The minimum atomic E-state index is -2.23. The Labute approximate surface area is 171 Å². The first kappa shape index (κ1) is 20.5. The van der Waals surface area contributed by atoms with E-state index in [1.165, 1.54) is 0 Å². The average molecular weight is 412 g/mol. The average Bonchev–Trinajstić information content (AvgIpc) is 2.73. The van der Waals surface area contributed by atoms with Crippen LogP contribution in [-0.2, 0) is 15.1 Å². The van der Waals surface area contributed by atoms with Gasteiger partial charge in [-0.1, -0.05) is 17.8 Å². The van der Waals surface area contributed by atoms with Gasteiger partial charge in [0.25, 0.3) is 0 Å². The van der Waals surface area contributed by atoms with Gasteiger partial charge < -0.3 is 18.4 Å². The van der Waals surface area contributed by atoms with Crippen molar-refractivity contribution in [3.8, 4) is 11.3 Å². The lowest BCUT2D eigenvalue weighted by Crippen LogP contribution is -2.17. The lowest BCUT2D eigenvalue weighted by atomic mass is 10.2. The zero-order chi connectivity index (χ0) is 20.6. The number of hydrogen-bond donors (Lipinski definition) is 4. The van der Waals surface area contributed by atoms with Crippen LogP contribution in [0.15, 0.2) is 59.2 Å². The summed E-state index contributed by atoms with van der Waals surface area (Å²) >= 11 is 0. The molecule has 0 saturated carbocycles. The van der Waals surface area contributed by atoms with Crippen LogP contribution >= 0.6 is 0 Å². The van der Waals surface area contributed by atoms with Crippen molar-refractivity contribution in [2.24, 2.45) is 4.36 Å². The summed E-state index contributed by atoms with van der Waals surface area (Å²) in [5.74, 6) is 1.11. The molecular formula is C19H22N7O2S-. The molecule has 0 bridgehead atoms. The number of aromatic nitrogens is 3. The lowest BCUT2D eigenvalue weighted by molar-refractivity contribution is 0.529. The fourth-order valence-electron chi connectivity index (χ4n) is 2.40. The topological polar surface area (TPSA) is 124 Å². The molecule has 0 amide bonds. The predicted octanol–water partition coefficient (Wildman–Crippen LogP) is 4.44. The molecular weight excluding hydrogens is 390 g/mol.